The van der Waals surface area contributed by atoms with Gasteiger partial charge in [-0.2, -0.15) is 5.11 Å². The number of thiazole rings is 1. The van der Waals surface area contributed by atoms with Gasteiger partial charge in [0.25, 0.3) is 10.0 Å². The topological polar surface area (TPSA) is 174 Å². The Morgan fingerprint density at radius 3 is 2.53 bits per heavy atom. The fourth-order valence-corrected chi connectivity index (χ4v) is 4.57. The zero-order chi connectivity index (χ0) is 22.9. The molecule has 0 aliphatic heterocycles. The van der Waals surface area contributed by atoms with Crippen LogP contribution in [0.1, 0.15) is 10.5 Å². The molecule has 2 heterocycles. The first-order valence-electron chi connectivity index (χ1n) is 8.81. The minimum absolute atomic E-state index is 0.000576. The van der Waals surface area contributed by atoms with Gasteiger partial charge in [-0.1, -0.05) is 0 Å². The summed E-state index contributed by atoms with van der Waals surface area (Å²) in [4.78, 5) is 29.9. The van der Waals surface area contributed by atoms with E-state index in [4.69, 9.17) is 5.11 Å². The van der Waals surface area contributed by atoms with Crippen LogP contribution in [-0.4, -0.2) is 34.6 Å². The molecule has 13 heteroatoms. The van der Waals surface area contributed by atoms with E-state index in [1.54, 1.807) is 5.38 Å². The molecule has 2 aromatic carbocycles. The third kappa shape index (κ3) is 4.19. The van der Waals surface area contributed by atoms with Crippen LogP contribution in [-0.2, 0) is 10.0 Å². The lowest BCUT2D eigenvalue weighted by atomic mass is 10.1. The van der Waals surface area contributed by atoms with Gasteiger partial charge in [-0.25, -0.2) is 18.2 Å². The second kappa shape index (κ2) is 8.20. The van der Waals surface area contributed by atoms with Gasteiger partial charge in [-0.3, -0.25) is 9.52 Å². The number of aromatic hydroxyl groups is 1. The number of carbonyl (C=O) groups is 1. The summed E-state index contributed by atoms with van der Waals surface area (Å²) in [6.45, 7) is 0. The number of nitrogens with one attached hydrogen (secondary N) is 2. The number of azo groups is 1. The smallest absolute Gasteiger partial charge is 0.352 e. The summed E-state index contributed by atoms with van der Waals surface area (Å²) >= 11 is 1.15. The van der Waals surface area contributed by atoms with Crippen LogP contribution < -0.4 is 10.2 Å². The van der Waals surface area contributed by atoms with E-state index in [0.717, 1.165) is 17.4 Å². The number of hydrogen-bond acceptors (Lipinski definition) is 9. The van der Waals surface area contributed by atoms with Gasteiger partial charge in [-0.05, 0) is 36.4 Å². The van der Waals surface area contributed by atoms with Crippen molar-refractivity contribution in [2.45, 2.75) is 4.90 Å². The molecule has 0 amide bonds. The van der Waals surface area contributed by atoms with E-state index in [-0.39, 0.29) is 38.1 Å². The van der Waals surface area contributed by atoms with Gasteiger partial charge in [0.2, 0.25) is 0 Å². The fraction of sp³-hybridized carbons (Fsp3) is 0. The van der Waals surface area contributed by atoms with Gasteiger partial charge in [0.05, 0.1) is 27.2 Å². The van der Waals surface area contributed by atoms with Gasteiger partial charge in [0, 0.05) is 17.6 Å². The highest BCUT2D eigenvalue weighted by atomic mass is 32.2. The lowest BCUT2D eigenvalue weighted by Crippen LogP contribution is -2.12. The minimum atomic E-state index is -3.81. The Balaban J connectivity index is 1.64. The van der Waals surface area contributed by atoms with Crippen molar-refractivity contribution >= 4 is 54.7 Å². The molecule has 0 atom stereocenters. The molecule has 11 nitrogen and oxygen atoms in total. The molecular formula is C19H13N5O6S2. The summed E-state index contributed by atoms with van der Waals surface area (Å²) in [5.41, 5.74) is -0.720. The minimum Gasteiger partial charge on any atom is -0.506 e. The predicted molar refractivity (Wildman–Crippen MR) is 117 cm³/mol. The maximum absolute atomic E-state index is 12.4. The molecule has 0 unspecified atom stereocenters. The SMILES string of the molecule is O=C(O)c1cc(=O)c2c(N=Nc3ccc(S(=O)(=O)Nc4nccs4)cc3)ccc(O)c2[nH]1. The van der Waals surface area contributed by atoms with Crippen molar-refractivity contribution in [2.24, 2.45) is 10.2 Å². The van der Waals surface area contributed by atoms with E-state index >= 15 is 0 Å². The molecule has 32 heavy (non-hydrogen) atoms. The summed E-state index contributed by atoms with van der Waals surface area (Å²) < 4.78 is 27.1. The molecular weight excluding hydrogens is 458 g/mol. The van der Waals surface area contributed by atoms with Crippen LogP contribution in [0, 0.1) is 0 Å². The molecule has 2 aromatic heterocycles. The number of carboxylic acids is 1. The number of anilines is 1. The van der Waals surface area contributed by atoms with Crippen molar-refractivity contribution in [3.8, 4) is 5.75 Å². The van der Waals surface area contributed by atoms with Crippen molar-refractivity contribution in [3.05, 3.63) is 70.0 Å². The molecule has 4 N–H and O–H groups in total. The quantitative estimate of drug-likeness (QED) is 0.311. The zero-order valence-corrected chi connectivity index (χ0v) is 17.5. The summed E-state index contributed by atoms with van der Waals surface area (Å²) in [5, 5.41) is 29.0. The van der Waals surface area contributed by atoms with Crippen molar-refractivity contribution in [3.63, 3.8) is 0 Å². The average Bonchev–Trinajstić information content (AvgIpc) is 3.26. The average molecular weight is 471 g/mol. The van der Waals surface area contributed by atoms with Crippen molar-refractivity contribution in [2.75, 3.05) is 4.72 Å². The van der Waals surface area contributed by atoms with E-state index < -0.39 is 21.4 Å². The van der Waals surface area contributed by atoms with E-state index in [9.17, 15) is 23.1 Å². The van der Waals surface area contributed by atoms with Crippen LogP contribution in [0.25, 0.3) is 10.9 Å². The molecule has 0 bridgehead atoms. The Morgan fingerprint density at radius 2 is 1.88 bits per heavy atom. The molecule has 4 rings (SSSR count). The summed E-state index contributed by atoms with van der Waals surface area (Å²) in [6, 6.07) is 9.02. The number of benzene rings is 2. The number of hydrogen-bond donors (Lipinski definition) is 4. The molecule has 0 saturated carbocycles. The number of sulfonamides is 1. The van der Waals surface area contributed by atoms with Gasteiger partial charge >= 0.3 is 5.97 Å². The maximum atomic E-state index is 12.4. The van der Waals surface area contributed by atoms with E-state index in [1.807, 2.05) is 0 Å². The van der Waals surface area contributed by atoms with Crippen LogP contribution in [0.5, 0.6) is 5.75 Å². The maximum Gasteiger partial charge on any atom is 0.352 e. The largest absolute Gasteiger partial charge is 0.506 e. The van der Waals surface area contributed by atoms with E-state index in [0.29, 0.717) is 5.69 Å². The first-order valence-corrected chi connectivity index (χ1v) is 11.2. The Bertz CT molecular complexity index is 1510. The van der Waals surface area contributed by atoms with E-state index in [2.05, 4.69) is 24.9 Å². The van der Waals surface area contributed by atoms with Gasteiger partial charge in [0.1, 0.15) is 11.4 Å². The van der Waals surface area contributed by atoms with Crippen LogP contribution >= 0.6 is 11.3 Å². The molecule has 4 aromatic rings. The van der Waals surface area contributed by atoms with Crippen molar-refractivity contribution in [1.29, 1.82) is 0 Å². The highest BCUT2D eigenvalue weighted by molar-refractivity contribution is 7.93. The first-order chi connectivity index (χ1) is 15.2. The summed E-state index contributed by atoms with van der Waals surface area (Å²) in [7, 11) is -3.81. The Labute approximate surface area is 183 Å². The summed E-state index contributed by atoms with van der Waals surface area (Å²) in [6.07, 6.45) is 1.48. The van der Waals surface area contributed by atoms with Crippen molar-refractivity contribution < 1.29 is 23.4 Å². The van der Waals surface area contributed by atoms with Crippen LogP contribution in [0.4, 0.5) is 16.5 Å². The number of rotatable bonds is 6. The molecule has 0 saturated heterocycles. The number of pyridine rings is 1. The van der Waals surface area contributed by atoms with Crippen LogP contribution in [0.15, 0.2) is 74.0 Å². The summed E-state index contributed by atoms with van der Waals surface area (Å²) in [5.74, 6) is -1.67. The molecule has 0 fully saturated rings. The van der Waals surface area contributed by atoms with Gasteiger partial charge in [-0.15, -0.1) is 16.5 Å². The number of fused-ring (bicyclic) bond motifs is 1. The predicted octanol–water partition coefficient (Wildman–Crippen LogP) is 3.60. The molecule has 0 spiro atoms. The first kappa shape index (κ1) is 21.1. The lowest BCUT2D eigenvalue weighted by molar-refractivity contribution is 0.0691. The lowest BCUT2D eigenvalue weighted by Gasteiger charge is -2.06. The fourth-order valence-electron chi connectivity index (χ4n) is 2.78. The number of aromatic carboxylic acids is 1. The number of nitrogens with zero attached hydrogens (tertiary/aromatic N) is 3. The van der Waals surface area contributed by atoms with Crippen LogP contribution in [0.2, 0.25) is 0 Å². The standard InChI is InChI=1S/C19H13N5O6S2/c25-14-6-5-12(16-15(26)9-13(18(27)28)21-17(14)16)23-22-10-1-3-11(4-2-10)32(29,30)24-19-20-7-8-31-19/h1-9,25H,(H,20,24)(H,21,26)(H,27,28). The van der Waals surface area contributed by atoms with Crippen molar-refractivity contribution in [1.82, 2.24) is 9.97 Å². The highest BCUT2D eigenvalue weighted by Crippen LogP contribution is 2.30. The molecule has 0 aliphatic rings. The molecule has 0 aliphatic carbocycles. The van der Waals surface area contributed by atoms with Gasteiger partial charge < -0.3 is 15.2 Å². The molecule has 162 valence electrons. The number of phenolic OH excluding ortho intramolecular Hbond substituents is 1. The Morgan fingerprint density at radius 1 is 1.12 bits per heavy atom. The van der Waals surface area contributed by atoms with Crippen LogP contribution in [0.3, 0.4) is 0 Å². The monoisotopic (exact) mass is 471 g/mol. The number of aromatic nitrogens is 2. The second-order valence-electron chi connectivity index (χ2n) is 6.34. The normalized spacial score (nSPS) is 11.8. The highest BCUT2D eigenvalue weighted by Gasteiger charge is 2.16. The van der Waals surface area contributed by atoms with E-state index in [1.165, 1.54) is 42.6 Å². The van der Waals surface area contributed by atoms with Gasteiger partial charge in [0.15, 0.2) is 10.6 Å². The second-order valence-corrected chi connectivity index (χ2v) is 8.92. The Kier molecular flexibility index (Phi) is 5.42. The number of phenols is 1. The third-order valence-corrected chi connectivity index (χ3v) is 6.42. The third-order valence-electron chi connectivity index (χ3n) is 4.25. The number of aromatic amines is 1. The number of carboxylic acid groups (broad SMARTS) is 1. The number of H-pyrrole nitrogens is 1. The zero-order valence-electron chi connectivity index (χ0n) is 15.9. The Hall–Kier alpha value is -4.10. The molecule has 0 radical (unpaired) electrons.